The number of carbonyl (C=O) groups is 2. The lowest BCUT2D eigenvalue weighted by Gasteiger charge is -2.20. The fourth-order valence-electron chi connectivity index (χ4n) is 3.39. The number of amides is 2. The molecule has 1 heterocycles. The van der Waals surface area contributed by atoms with E-state index in [4.69, 9.17) is 4.74 Å². The first-order chi connectivity index (χ1) is 11.9. The number of rotatable bonds is 4. The number of anilines is 2. The highest BCUT2D eigenvalue weighted by Crippen LogP contribution is 2.33. The highest BCUT2D eigenvalue weighted by Gasteiger charge is 2.41. The Morgan fingerprint density at radius 2 is 1.72 bits per heavy atom. The van der Waals surface area contributed by atoms with Gasteiger partial charge in [-0.2, -0.15) is 0 Å². The first-order valence-corrected chi connectivity index (χ1v) is 8.26. The van der Waals surface area contributed by atoms with Crippen molar-refractivity contribution in [2.75, 3.05) is 17.3 Å². The Labute approximate surface area is 147 Å². The third kappa shape index (κ3) is 3.09. The van der Waals surface area contributed by atoms with E-state index in [2.05, 4.69) is 17.4 Å². The summed E-state index contributed by atoms with van der Waals surface area (Å²) in [6.45, 7) is 6.04. The fourth-order valence-corrected chi connectivity index (χ4v) is 3.39. The molecule has 0 spiro atoms. The molecule has 0 radical (unpaired) electrons. The zero-order valence-electron chi connectivity index (χ0n) is 14.9. The molecule has 2 aromatic carbocycles. The molecule has 1 fully saturated rings. The van der Waals surface area contributed by atoms with Crippen molar-refractivity contribution < 1.29 is 14.3 Å². The quantitative estimate of drug-likeness (QED) is 0.869. The molecule has 1 aliphatic rings. The maximum Gasteiger partial charge on any atom is 0.256 e. The van der Waals surface area contributed by atoms with Crippen LogP contribution in [-0.4, -0.2) is 25.0 Å². The Morgan fingerprint density at radius 1 is 1.08 bits per heavy atom. The van der Waals surface area contributed by atoms with Gasteiger partial charge < -0.3 is 10.1 Å². The highest BCUT2D eigenvalue weighted by molar-refractivity contribution is 6.23. The molecule has 2 amide bonds. The number of ether oxygens (including phenoxy) is 1. The summed E-state index contributed by atoms with van der Waals surface area (Å²) in [5.41, 5.74) is 4.70. The maximum atomic E-state index is 12.9. The molecular formula is C20H22N2O3. The van der Waals surface area contributed by atoms with Crippen molar-refractivity contribution in [3.05, 3.63) is 53.1 Å². The van der Waals surface area contributed by atoms with Crippen molar-refractivity contribution >= 4 is 23.2 Å². The topological polar surface area (TPSA) is 58.6 Å². The normalized spacial score (nSPS) is 17.1. The van der Waals surface area contributed by atoms with E-state index in [1.807, 2.05) is 26.8 Å². The van der Waals surface area contributed by atoms with Crippen LogP contribution in [0.2, 0.25) is 0 Å². The van der Waals surface area contributed by atoms with Crippen LogP contribution in [0.3, 0.4) is 0 Å². The largest absolute Gasteiger partial charge is 0.495 e. The standard InChI is InChI=1S/C20H22N2O3/c1-12-9-13(2)19(14(3)10-12)21-15-11-18(23)22(20(15)24)16-7-5-6-8-17(16)25-4/h5-10,15,21H,11H2,1-4H3. The van der Waals surface area contributed by atoms with Gasteiger partial charge in [-0.25, -0.2) is 4.90 Å². The number of carbonyl (C=O) groups excluding carboxylic acids is 2. The number of imide groups is 1. The SMILES string of the molecule is COc1ccccc1N1C(=O)CC(Nc2c(C)cc(C)cc2C)C1=O. The first kappa shape index (κ1) is 17.0. The summed E-state index contributed by atoms with van der Waals surface area (Å²) in [6, 6.07) is 10.6. The van der Waals surface area contributed by atoms with Gasteiger partial charge in [-0.15, -0.1) is 0 Å². The maximum absolute atomic E-state index is 12.9. The molecule has 0 saturated carbocycles. The van der Waals surface area contributed by atoms with Crippen LogP contribution in [0.25, 0.3) is 0 Å². The van der Waals surface area contributed by atoms with Crippen LogP contribution in [0.4, 0.5) is 11.4 Å². The van der Waals surface area contributed by atoms with Gasteiger partial charge in [0.1, 0.15) is 11.8 Å². The number of para-hydroxylation sites is 2. The van der Waals surface area contributed by atoms with Crippen molar-refractivity contribution in [1.29, 1.82) is 0 Å². The molecule has 130 valence electrons. The van der Waals surface area contributed by atoms with Crippen molar-refractivity contribution in [3.63, 3.8) is 0 Å². The van der Waals surface area contributed by atoms with Crippen LogP contribution in [0, 0.1) is 20.8 Å². The Kier molecular flexibility index (Phi) is 4.49. The van der Waals surface area contributed by atoms with Crippen LogP contribution in [0.15, 0.2) is 36.4 Å². The summed E-state index contributed by atoms with van der Waals surface area (Å²) >= 11 is 0. The predicted molar refractivity (Wildman–Crippen MR) is 98.2 cm³/mol. The van der Waals surface area contributed by atoms with Crippen LogP contribution < -0.4 is 15.0 Å². The van der Waals surface area contributed by atoms with Crippen molar-refractivity contribution in [3.8, 4) is 5.75 Å². The monoisotopic (exact) mass is 338 g/mol. The van der Waals surface area contributed by atoms with E-state index in [9.17, 15) is 9.59 Å². The van der Waals surface area contributed by atoms with Crippen molar-refractivity contribution in [1.82, 2.24) is 0 Å². The number of methoxy groups -OCH3 is 1. The fraction of sp³-hybridized carbons (Fsp3) is 0.300. The highest BCUT2D eigenvalue weighted by atomic mass is 16.5. The molecule has 1 unspecified atom stereocenters. The molecule has 0 bridgehead atoms. The molecule has 1 atom stereocenters. The van der Waals surface area contributed by atoms with Crippen LogP contribution in [0.1, 0.15) is 23.1 Å². The Balaban J connectivity index is 1.90. The van der Waals surface area contributed by atoms with Gasteiger partial charge >= 0.3 is 0 Å². The second-order valence-corrected chi connectivity index (χ2v) is 6.41. The van der Waals surface area contributed by atoms with E-state index in [0.717, 1.165) is 16.8 Å². The van der Waals surface area contributed by atoms with E-state index in [-0.39, 0.29) is 18.2 Å². The third-order valence-corrected chi connectivity index (χ3v) is 4.47. The third-order valence-electron chi connectivity index (χ3n) is 4.47. The van der Waals surface area contributed by atoms with Gasteiger partial charge in [0.2, 0.25) is 5.91 Å². The molecule has 3 rings (SSSR count). The lowest BCUT2D eigenvalue weighted by atomic mass is 10.0. The van der Waals surface area contributed by atoms with Crippen LogP contribution in [0.5, 0.6) is 5.75 Å². The van der Waals surface area contributed by atoms with Gasteiger partial charge in [-0.05, 0) is 44.0 Å². The van der Waals surface area contributed by atoms with Gasteiger partial charge in [0.15, 0.2) is 0 Å². The Morgan fingerprint density at radius 3 is 2.36 bits per heavy atom. The second-order valence-electron chi connectivity index (χ2n) is 6.41. The number of nitrogens with zero attached hydrogens (tertiary/aromatic N) is 1. The number of aryl methyl sites for hydroxylation is 3. The summed E-state index contributed by atoms with van der Waals surface area (Å²) in [7, 11) is 1.53. The predicted octanol–water partition coefficient (Wildman–Crippen LogP) is 3.36. The van der Waals surface area contributed by atoms with Gasteiger partial charge in [-0.1, -0.05) is 29.8 Å². The van der Waals surface area contributed by atoms with E-state index in [1.165, 1.54) is 17.6 Å². The minimum Gasteiger partial charge on any atom is -0.495 e. The minimum absolute atomic E-state index is 0.129. The molecule has 2 aromatic rings. The van der Waals surface area contributed by atoms with Gasteiger partial charge in [-0.3, -0.25) is 9.59 Å². The minimum atomic E-state index is -0.572. The van der Waals surface area contributed by atoms with E-state index in [1.54, 1.807) is 18.2 Å². The Bertz CT molecular complexity index is 822. The number of hydrogen-bond acceptors (Lipinski definition) is 4. The van der Waals surface area contributed by atoms with Gasteiger partial charge in [0.05, 0.1) is 19.2 Å². The van der Waals surface area contributed by atoms with Crippen molar-refractivity contribution in [2.24, 2.45) is 0 Å². The number of benzene rings is 2. The summed E-state index contributed by atoms with van der Waals surface area (Å²) in [6.07, 6.45) is 0.129. The molecule has 5 heteroatoms. The molecule has 5 nitrogen and oxygen atoms in total. The molecule has 1 aliphatic heterocycles. The smallest absolute Gasteiger partial charge is 0.256 e. The summed E-state index contributed by atoms with van der Waals surface area (Å²) < 4.78 is 5.29. The number of hydrogen-bond donors (Lipinski definition) is 1. The summed E-state index contributed by atoms with van der Waals surface area (Å²) in [5, 5.41) is 3.27. The Hall–Kier alpha value is -2.82. The summed E-state index contributed by atoms with van der Waals surface area (Å²) in [5.74, 6) is 0.0239. The second kappa shape index (κ2) is 6.59. The van der Waals surface area contributed by atoms with E-state index < -0.39 is 6.04 Å². The average Bonchev–Trinajstić information content (AvgIpc) is 2.84. The molecule has 25 heavy (non-hydrogen) atoms. The molecule has 0 aliphatic carbocycles. The molecule has 1 N–H and O–H groups in total. The zero-order valence-corrected chi connectivity index (χ0v) is 14.9. The zero-order chi connectivity index (χ0) is 18.1. The molecular weight excluding hydrogens is 316 g/mol. The lowest BCUT2D eigenvalue weighted by Crippen LogP contribution is -2.35. The van der Waals surface area contributed by atoms with Crippen molar-refractivity contribution in [2.45, 2.75) is 33.2 Å². The summed E-state index contributed by atoms with van der Waals surface area (Å²) in [4.78, 5) is 26.6. The molecule has 0 aromatic heterocycles. The van der Waals surface area contributed by atoms with E-state index in [0.29, 0.717) is 11.4 Å². The van der Waals surface area contributed by atoms with E-state index >= 15 is 0 Å². The lowest BCUT2D eigenvalue weighted by molar-refractivity contribution is -0.121. The van der Waals surface area contributed by atoms with Gasteiger partial charge in [0.25, 0.3) is 5.91 Å². The molecule has 1 saturated heterocycles. The number of nitrogens with one attached hydrogen (secondary N) is 1. The van der Waals surface area contributed by atoms with Crippen LogP contribution >= 0.6 is 0 Å². The van der Waals surface area contributed by atoms with Gasteiger partial charge in [0, 0.05) is 5.69 Å². The first-order valence-electron chi connectivity index (χ1n) is 8.26. The average molecular weight is 338 g/mol. The van der Waals surface area contributed by atoms with Crippen LogP contribution in [-0.2, 0) is 9.59 Å².